The normalized spacial score (nSPS) is 10.8. The minimum Gasteiger partial charge on any atom is -0.383 e. The van der Waals surface area contributed by atoms with E-state index in [9.17, 15) is 0 Å². The summed E-state index contributed by atoms with van der Waals surface area (Å²) in [5, 5.41) is 8.02. The number of hydrogen-bond donors (Lipinski definition) is 2. The van der Waals surface area contributed by atoms with Crippen molar-refractivity contribution >= 4 is 23.2 Å². The maximum absolute atomic E-state index is 5.93. The van der Waals surface area contributed by atoms with Crippen LogP contribution in [0.3, 0.4) is 0 Å². The molecule has 0 aliphatic rings. The van der Waals surface area contributed by atoms with Crippen LogP contribution in [0.1, 0.15) is 12.0 Å². The average molecular weight is 291 g/mol. The Bertz CT molecular complexity index is 328. The molecule has 1 rings (SSSR count). The van der Waals surface area contributed by atoms with E-state index >= 15 is 0 Å². The predicted octanol–water partition coefficient (Wildman–Crippen LogP) is 2.71. The number of hydrogen-bond acceptors (Lipinski definition) is 3. The summed E-state index contributed by atoms with van der Waals surface area (Å²) in [4.78, 5) is 0. The third-order valence-corrected chi connectivity index (χ3v) is 2.88. The molecule has 18 heavy (non-hydrogen) atoms. The summed E-state index contributed by atoms with van der Waals surface area (Å²) in [7, 11) is 1.71. The van der Waals surface area contributed by atoms with Crippen molar-refractivity contribution in [2.75, 3.05) is 33.4 Å². The molecule has 2 N–H and O–H groups in total. The standard InChI is InChI=1S/C13H20Cl2N2O/c1-18-6-5-16-3-2-4-17-10-11-7-12(14)9-13(15)8-11/h7-9,16-17H,2-6,10H2,1H3. The summed E-state index contributed by atoms with van der Waals surface area (Å²) in [5.74, 6) is 0. The Hall–Kier alpha value is -0.320. The maximum Gasteiger partial charge on any atom is 0.0587 e. The molecule has 0 unspecified atom stereocenters. The summed E-state index contributed by atoms with van der Waals surface area (Å²) >= 11 is 11.9. The molecule has 0 aromatic heterocycles. The first-order valence-electron chi connectivity index (χ1n) is 6.07. The van der Waals surface area contributed by atoms with Gasteiger partial charge in [-0.15, -0.1) is 0 Å². The van der Waals surface area contributed by atoms with Gasteiger partial charge < -0.3 is 15.4 Å². The maximum atomic E-state index is 5.93. The van der Waals surface area contributed by atoms with Crippen molar-refractivity contribution in [3.8, 4) is 0 Å². The Kier molecular flexibility index (Phi) is 8.38. The molecule has 0 bridgehead atoms. The van der Waals surface area contributed by atoms with Gasteiger partial charge in [-0.2, -0.15) is 0 Å². The summed E-state index contributed by atoms with van der Waals surface area (Å²) < 4.78 is 4.95. The number of nitrogens with one attached hydrogen (secondary N) is 2. The summed E-state index contributed by atoms with van der Waals surface area (Å²) in [6.07, 6.45) is 1.08. The van der Waals surface area contributed by atoms with Gasteiger partial charge in [-0.25, -0.2) is 0 Å². The van der Waals surface area contributed by atoms with Gasteiger partial charge in [0.05, 0.1) is 6.61 Å². The first-order valence-corrected chi connectivity index (χ1v) is 6.83. The predicted molar refractivity (Wildman–Crippen MR) is 77.5 cm³/mol. The topological polar surface area (TPSA) is 33.3 Å². The van der Waals surface area contributed by atoms with E-state index in [1.165, 1.54) is 0 Å². The van der Waals surface area contributed by atoms with Gasteiger partial charge in [-0.05, 0) is 43.3 Å². The molecule has 0 spiro atoms. The van der Waals surface area contributed by atoms with Crippen molar-refractivity contribution in [1.82, 2.24) is 10.6 Å². The van der Waals surface area contributed by atoms with Crippen LogP contribution in [0.5, 0.6) is 0 Å². The van der Waals surface area contributed by atoms with E-state index < -0.39 is 0 Å². The van der Waals surface area contributed by atoms with Crippen LogP contribution in [0, 0.1) is 0 Å². The fraction of sp³-hybridized carbons (Fsp3) is 0.538. The van der Waals surface area contributed by atoms with Crippen molar-refractivity contribution in [2.45, 2.75) is 13.0 Å². The van der Waals surface area contributed by atoms with Crippen molar-refractivity contribution in [3.05, 3.63) is 33.8 Å². The van der Waals surface area contributed by atoms with Crippen LogP contribution in [0.4, 0.5) is 0 Å². The second-order valence-corrected chi connectivity index (χ2v) is 4.92. The van der Waals surface area contributed by atoms with Gasteiger partial charge in [0.2, 0.25) is 0 Å². The second kappa shape index (κ2) is 9.59. The van der Waals surface area contributed by atoms with Crippen molar-refractivity contribution in [3.63, 3.8) is 0 Å². The third kappa shape index (κ3) is 7.19. The fourth-order valence-corrected chi connectivity index (χ4v) is 2.15. The van der Waals surface area contributed by atoms with E-state index in [0.717, 1.165) is 44.8 Å². The number of benzene rings is 1. The quantitative estimate of drug-likeness (QED) is 0.686. The molecule has 0 saturated heterocycles. The molecule has 1 aromatic carbocycles. The monoisotopic (exact) mass is 290 g/mol. The highest BCUT2D eigenvalue weighted by atomic mass is 35.5. The largest absolute Gasteiger partial charge is 0.383 e. The minimum absolute atomic E-state index is 0.681. The molecule has 0 atom stereocenters. The number of rotatable bonds is 9. The number of halogens is 2. The summed E-state index contributed by atoms with van der Waals surface area (Å²) in [6, 6.07) is 5.60. The van der Waals surface area contributed by atoms with E-state index in [2.05, 4.69) is 10.6 Å². The van der Waals surface area contributed by atoms with Gasteiger partial charge in [0, 0.05) is 30.2 Å². The lowest BCUT2D eigenvalue weighted by Gasteiger charge is -2.07. The first kappa shape index (κ1) is 15.7. The highest BCUT2D eigenvalue weighted by Crippen LogP contribution is 2.18. The first-order chi connectivity index (χ1) is 8.72. The SMILES string of the molecule is COCCNCCCNCc1cc(Cl)cc(Cl)c1. The molecule has 3 nitrogen and oxygen atoms in total. The Morgan fingerprint density at radius 3 is 2.33 bits per heavy atom. The summed E-state index contributed by atoms with van der Waals surface area (Å²) in [6.45, 7) is 4.41. The van der Waals surface area contributed by atoms with Gasteiger partial charge in [0.15, 0.2) is 0 Å². The smallest absolute Gasteiger partial charge is 0.0587 e. The zero-order valence-electron chi connectivity index (χ0n) is 10.6. The van der Waals surface area contributed by atoms with Gasteiger partial charge in [-0.1, -0.05) is 23.2 Å². The van der Waals surface area contributed by atoms with E-state index in [0.29, 0.717) is 10.0 Å². The van der Waals surface area contributed by atoms with E-state index in [1.54, 1.807) is 13.2 Å². The molecular weight excluding hydrogens is 271 g/mol. The second-order valence-electron chi connectivity index (χ2n) is 4.05. The van der Waals surface area contributed by atoms with Crippen molar-refractivity contribution in [2.24, 2.45) is 0 Å². The molecule has 0 aliphatic heterocycles. The van der Waals surface area contributed by atoms with Crippen molar-refractivity contribution < 1.29 is 4.74 Å². The van der Waals surface area contributed by atoms with Gasteiger partial charge in [0.25, 0.3) is 0 Å². The zero-order chi connectivity index (χ0) is 13.2. The molecule has 102 valence electrons. The van der Waals surface area contributed by atoms with Crippen molar-refractivity contribution in [1.29, 1.82) is 0 Å². The fourth-order valence-electron chi connectivity index (χ4n) is 1.58. The zero-order valence-corrected chi connectivity index (χ0v) is 12.2. The van der Waals surface area contributed by atoms with Gasteiger partial charge >= 0.3 is 0 Å². The molecular formula is C13H20Cl2N2O. The Morgan fingerprint density at radius 2 is 1.67 bits per heavy atom. The molecule has 0 aliphatic carbocycles. The van der Waals surface area contributed by atoms with Crippen LogP contribution in [0.2, 0.25) is 10.0 Å². The molecule has 0 heterocycles. The highest BCUT2D eigenvalue weighted by molar-refractivity contribution is 6.34. The van der Waals surface area contributed by atoms with Crippen LogP contribution in [-0.4, -0.2) is 33.4 Å². The average Bonchev–Trinajstić information content (AvgIpc) is 2.31. The number of methoxy groups -OCH3 is 1. The van der Waals surface area contributed by atoms with Crippen LogP contribution in [0.15, 0.2) is 18.2 Å². The molecule has 0 fully saturated rings. The van der Waals surface area contributed by atoms with E-state index in [1.807, 2.05) is 12.1 Å². The lowest BCUT2D eigenvalue weighted by atomic mass is 10.2. The van der Waals surface area contributed by atoms with Crippen LogP contribution in [-0.2, 0) is 11.3 Å². The third-order valence-electron chi connectivity index (χ3n) is 2.44. The van der Waals surface area contributed by atoms with E-state index in [-0.39, 0.29) is 0 Å². The van der Waals surface area contributed by atoms with Gasteiger partial charge in [-0.3, -0.25) is 0 Å². The molecule has 0 saturated carbocycles. The van der Waals surface area contributed by atoms with Gasteiger partial charge in [0.1, 0.15) is 0 Å². The molecule has 1 aromatic rings. The molecule has 5 heteroatoms. The minimum atomic E-state index is 0.681. The molecule has 0 radical (unpaired) electrons. The lowest BCUT2D eigenvalue weighted by Crippen LogP contribution is -2.24. The summed E-state index contributed by atoms with van der Waals surface area (Å²) in [5.41, 5.74) is 1.11. The Labute approximate surface area is 119 Å². The Morgan fingerprint density at radius 1 is 1.00 bits per heavy atom. The molecule has 0 amide bonds. The number of ether oxygens (including phenoxy) is 1. The van der Waals surface area contributed by atoms with E-state index in [4.69, 9.17) is 27.9 Å². The highest BCUT2D eigenvalue weighted by Gasteiger charge is 1.97. The van der Waals surface area contributed by atoms with Crippen LogP contribution in [0.25, 0.3) is 0 Å². The van der Waals surface area contributed by atoms with Crippen LogP contribution < -0.4 is 10.6 Å². The van der Waals surface area contributed by atoms with Crippen LogP contribution >= 0.6 is 23.2 Å². The Balaban J connectivity index is 2.07. The lowest BCUT2D eigenvalue weighted by molar-refractivity contribution is 0.199.